The lowest BCUT2D eigenvalue weighted by Crippen LogP contribution is -2.11. The first-order chi connectivity index (χ1) is 31.8. The van der Waals surface area contributed by atoms with Crippen LogP contribution in [-0.4, -0.2) is 14.1 Å². The Morgan fingerprint density at radius 3 is 1.14 bits per heavy atom. The quantitative estimate of drug-likeness (QED) is 0.163. The Bertz CT molecular complexity index is 3810. The molecule has 0 atom stereocenters. The normalized spacial score (nSPS) is 12.0. The first kappa shape index (κ1) is 34.9. The number of benzene rings is 11. The number of aromatic nitrogens is 3. The standard InChI is InChI=1S/C60H34N4/c61-35-46-59(63-47-30-14-27-42-39-23-10-11-24-40(39)43-28-15-31-48(63)55(43)54(42)47)52(37-19-6-2-7-20-37)51(36-17-4-1-5-18-36)53(38-21-8-3-9-22-38)60(46)64-49-32-16-29-44-41-25-12-13-26-45(41)58-57(56(44)49)50(64)33-34-62-58/h1-34H. The highest BCUT2D eigenvalue weighted by Crippen LogP contribution is 2.54. The van der Waals surface area contributed by atoms with E-state index in [1.54, 1.807) is 0 Å². The molecule has 64 heavy (non-hydrogen) atoms. The maximum absolute atomic E-state index is 12.3. The van der Waals surface area contributed by atoms with Crippen LogP contribution in [0.15, 0.2) is 206 Å². The molecule has 0 amide bonds. The van der Waals surface area contributed by atoms with Crippen LogP contribution in [0, 0.1) is 11.3 Å². The number of nitrogens with zero attached hydrogens (tertiary/aromatic N) is 4. The molecular formula is C60H34N4. The van der Waals surface area contributed by atoms with Crippen LogP contribution in [0.2, 0.25) is 0 Å². The average molecular weight is 811 g/mol. The molecule has 0 aliphatic heterocycles. The van der Waals surface area contributed by atoms with Gasteiger partial charge in [-0.05, 0) is 73.3 Å². The molecule has 0 aliphatic rings. The summed E-state index contributed by atoms with van der Waals surface area (Å²) in [5.74, 6) is 0. The summed E-state index contributed by atoms with van der Waals surface area (Å²) in [6.45, 7) is 0. The largest absolute Gasteiger partial charge is 0.307 e. The number of nitriles is 1. The van der Waals surface area contributed by atoms with Gasteiger partial charge < -0.3 is 9.13 Å². The van der Waals surface area contributed by atoms with E-state index in [0.717, 1.165) is 93.9 Å². The van der Waals surface area contributed by atoms with Crippen molar-refractivity contribution >= 4 is 86.8 Å². The van der Waals surface area contributed by atoms with Crippen LogP contribution in [0.4, 0.5) is 0 Å². The third kappa shape index (κ3) is 4.52. The lowest BCUT2D eigenvalue weighted by molar-refractivity contribution is 1.12. The molecule has 0 fully saturated rings. The number of hydrogen-bond donors (Lipinski definition) is 0. The first-order valence-corrected chi connectivity index (χ1v) is 21.8. The summed E-state index contributed by atoms with van der Waals surface area (Å²) in [5, 5.41) is 25.3. The van der Waals surface area contributed by atoms with Gasteiger partial charge in [0, 0.05) is 49.8 Å². The van der Waals surface area contributed by atoms with Gasteiger partial charge in [-0.25, -0.2) is 0 Å². The number of pyridine rings is 1. The molecule has 0 aliphatic carbocycles. The van der Waals surface area contributed by atoms with Crippen LogP contribution < -0.4 is 0 Å². The van der Waals surface area contributed by atoms with Gasteiger partial charge in [0.05, 0.1) is 39.0 Å². The third-order valence-corrected chi connectivity index (χ3v) is 13.7. The Hall–Kier alpha value is -8.78. The van der Waals surface area contributed by atoms with E-state index < -0.39 is 0 Å². The van der Waals surface area contributed by atoms with Crippen molar-refractivity contribution < 1.29 is 0 Å². The van der Waals surface area contributed by atoms with Crippen LogP contribution in [0.5, 0.6) is 0 Å². The van der Waals surface area contributed by atoms with Crippen molar-refractivity contribution in [2.75, 3.05) is 0 Å². The predicted octanol–water partition coefficient (Wildman–Crippen LogP) is 15.6. The first-order valence-electron chi connectivity index (χ1n) is 21.8. The summed E-state index contributed by atoms with van der Waals surface area (Å²) in [4.78, 5) is 5.09. The summed E-state index contributed by atoms with van der Waals surface area (Å²) in [6.07, 6.45) is 1.93. The number of hydrogen-bond acceptors (Lipinski definition) is 2. The Kier molecular flexibility index (Phi) is 7.15. The molecule has 3 aromatic heterocycles. The van der Waals surface area contributed by atoms with Crippen molar-refractivity contribution in [3.05, 3.63) is 212 Å². The van der Waals surface area contributed by atoms with Gasteiger partial charge in [-0.2, -0.15) is 5.26 Å². The van der Waals surface area contributed by atoms with Gasteiger partial charge in [0.15, 0.2) is 0 Å². The molecule has 4 nitrogen and oxygen atoms in total. The molecule has 4 heteroatoms. The molecule has 3 heterocycles. The lowest BCUT2D eigenvalue weighted by atomic mass is 9.82. The Labute approximate surface area is 367 Å². The van der Waals surface area contributed by atoms with E-state index in [1.807, 2.05) is 6.20 Å². The van der Waals surface area contributed by atoms with Crippen LogP contribution in [0.1, 0.15) is 5.56 Å². The molecule has 0 radical (unpaired) electrons. The molecule has 0 spiro atoms. The molecule has 0 saturated heterocycles. The molecule has 14 aromatic rings. The second-order valence-electron chi connectivity index (χ2n) is 16.8. The molecule has 11 aromatic carbocycles. The number of fused-ring (bicyclic) bond motifs is 6. The zero-order valence-electron chi connectivity index (χ0n) is 34.4. The van der Waals surface area contributed by atoms with Crippen molar-refractivity contribution in [1.82, 2.24) is 14.1 Å². The summed E-state index contributed by atoms with van der Waals surface area (Å²) in [6, 6.07) is 74.5. The zero-order chi connectivity index (χ0) is 42.0. The fourth-order valence-corrected chi connectivity index (χ4v) is 11.3. The minimum Gasteiger partial charge on any atom is -0.307 e. The monoisotopic (exact) mass is 810 g/mol. The van der Waals surface area contributed by atoms with E-state index in [-0.39, 0.29) is 0 Å². The van der Waals surface area contributed by atoms with E-state index in [2.05, 4.69) is 215 Å². The van der Waals surface area contributed by atoms with Crippen LogP contribution in [0.25, 0.3) is 132 Å². The van der Waals surface area contributed by atoms with Gasteiger partial charge >= 0.3 is 0 Å². The van der Waals surface area contributed by atoms with Crippen LogP contribution in [-0.2, 0) is 0 Å². The minimum atomic E-state index is 0.586. The fraction of sp³-hybridized carbons (Fsp3) is 0. The highest BCUT2D eigenvalue weighted by molar-refractivity contribution is 6.36. The SMILES string of the molecule is N#Cc1c(-n2c3cccc4c5ccccc5c5cccc2c5c43)c(-c2ccccc2)c(-c2ccccc2)c(-c2ccccc2)c1-n1c2cccc3c4ccccc4c4nccc1c4c32. The maximum Gasteiger partial charge on any atom is 0.104 e. The molecule has 0 bridgehead atoms. The van der Waals surface area contributed by atoms with Gasteiger partial charge in [0.1, 0.15) is 11.6 Å². The van der Waals surface area contributed by atoms with Gasteiger partial charge in [-0.3, -0.25) is 4.98 Å². The number of rotatable bonds is 5. The van der Waals surface area contributed by atoms with E-state index in [4.69, 9.17) is 4.98 Å². The third-order valence-electron chi connectivity index (χ3n) is 13.7. The molecule has 0 N–H and O–H groups in total. The summed E-state index contributed by atoms with van der Waals surface area (Å²) in [7, 11) is 0. The van der Waals surface area contributed by atoms with Gasteiger partial charge in [0.2, 0.25) is 0 Å². The van der Waals surface area contributed by atoms with Gasteiger partial charge in [0.25, 0.3) is 0 Å². The highest BCUT2D eigenvalue weighted by atomic mass is 15.0. The summed E-state index contributed by atoms with van der Waals surface area (Å²) < 4.78 is 4.80. The Morgan fingerprint density at radius 2 is 0.688 bits per heavy atom. The molecule has 0 unspecified atom stereocenters. The second-order valence-corrected chi connectivity index (χ2v) is 16.8. The van der Waals surface area contributed by atoms with Crippen LogP contribution in [0.3, 0.4) is 0 Å². The zero-order valence-corrected chi connectivity index (χ0v) is 34.4. The predicted molar refractivity (Wildman–Crippen MR) is 266 cm³/mol. The Balaban J connectivity index is 1.30. The lowest BCUT2D eigenvalue weighted by Gasteiger charge is -2.27. The van der Waals surface area contributed by atoms with E-state index >= 15 is 0 Å². The van der Waals surface area contributed by atoms with E-state index in [9.17, 15) is 5.26 Å². The van der Waals surface area contributed by atoms with Gasteiger partial charge in [-0.1, -0.05) is 176 Å². The maximum atomic E-state index is 12.3. The summed E-state index contributed by atoms with van der Waals surface area (Å²) >= 11 is 0. The molecule has 294 valence electrons. The average Bonchev–Trinajstić information content (AvgIpc) is 3.89. The van der Waals surface area contributed by atoms with Gasteiger partial charge in [-0.15, -0.1) is 0 Å². The fourth-order valence-electron chi connectivity index (χ4n) is 11.3. The van der Waals surface area contributed by atoms with Crippen molar-refractivity contribution in [3.8, 4) is 50.8 Å². The van der Waals surface area contributed by atoms with Crippen molar-refractivity contribution in [3.63, 3.8) is 0 Å². The topological polar surface area (TPSA) is 46.5 Å². The van der Waals surface area contributed by atoms with Crippen LogP contribution >= 0.6 is 0 Å². The Morgan fingerprint density at radius 1 is 0.328 bits per heavy atom. The molecule has 14 rings (SSSR count). The van der Waals surface area contributed by atoms with Crippen molar-refractivity contribution in [2.24, 2.45) is 0 Å². The van der Waals surface area contributed by atoms with E-state index in [0.29, 0.717) is 5.56 Å². The summed E-state index contributed by atoms with van der Waals surface area (Å²) in [5.41, 5.74) is 13.5. The highest BCUT2D eigenvalue weighted by Gasteiger charge is 2.33. The van der Waals surface area contributed by atoms with Crippen molar-refractivity contribution in [2.45, 2.75) is 0 Å². The second kappa shape index (κ2) is 13.1. The molecule has 0 saturated carbocycles. The molecular weight excluding hydrogens is 777 g/mol. The minimum absolute atomic E-state index is 0.586. The smallest absolute Gasteiger partial charge is 0.104 e. The van der Waals surface area contributed by atoms with Crippen molar-refractivity contribution in [1.29, 1.82) is 5.26 Å². The van der Waals surface area contributed by atoms with E-state index in [1.165, 1.54) is 37.7 Å².